The minimum atomic E-state index is -5.82. The number of hydrogen-bond donors (Lipinski definition) is 6. The number of imidazole rings is 1. The monoisotopic (exact) mass is 616 g/mol. The molecule has 3 heterocycles. The van der Waals surface area contributed by atoms with E-state index in [-0.39, 0.29) is 29.6 Å². The molecular formula is C15H23N8O13P3. The van der Waals surface area contributed by atoms with Crippen LogP contribution in [0.4, 0.5) is 5.95 Å². The molecule has 7 N–H and O–H groups in total. The highest BCUT2D eigenvalue weighted by atomic mass is 31.3. The predicted molar refractivity (Wildman–Crippen MR) is 128 cm³/mol. The molecule has 5 atom stereocenters. The summed E-state index contributed by atoms with van der Waals surface area (Å²) in [4.78, 5) is 51.5. The summed E-state index contributed by atoms with van der Waals surface area (Å²) in [6.07, 6.45) is 0.672. The molecule has 0 saturated carbocycles. The van der Waals surface area contributed by atoms with Crippen molar-refractivity contribution in [2.24, 2.45) is 5.11 Å². The maximum atomic E-state index is 12.3. The van der Waals surface area contributed by atoms with Crippen molar-refractivity contribution in [1.82, 2.24) is 19.5 Å². The number of aliphatic hydroxyl groups is 1. The summed E-state index contributed by atoms with van der Waals surface area (Å²) in [7, 11) is -17.1. The van der Waals surface area contributed by atoms with Gasteiger partial charge in [-0.05, 0) is 12.5 Å². The van der Waals surface area contributed by atoms with Crippen LogP contribution in [0.25, 0.3) is 21.6 Å². The molecule has 1 aliphatic rings. The smallest absolute Gasteiger partial charge is 0.476 e. The van der Waals surface area contributed by atoms with Crippen LogP contribution in [0.15, 0.2) is 24.1 Å². The number of aliphatic hydroxyl groups excluding tert-OH is 1. The van der Waals surface area contributed by atoms with Crippen LogP contribution < -0.4 is 10.5 Å². The lowest BCUT2D eigenvalue weighted by molar-refractivity contribution is -0.0843. The van der Waals surface area contributed by atoms with E-state index in [1.807, 2.05) is 0 Å². The molecule has 0 aliphatic carbocycles. The Morgan fingerprint density at radius 1 is 1.31 bits per heavy atom. The number of aromatic nitrogens is 4. The van der Waals surface area contributed by atoms with E-state index in [2.05, 4.69) is 44.7 Å². The first kappa shape index (κ1) is 31.1. The highest BCUT2D eigenvalue weighted by Crippen LogP contribution is 2.66. The van der Waals surface area contributed by atoms with Crippen LogP contribution in [-0.4, -0.2) is 82.3 Å². The third-order valence-corrected chi connectivity index (χ3v) is 9.10. The molecule has 0 aromatic carbocycles. The Labute approximate surface area is 218 Å². The Bertz CT molecular complexity index is 1440. The maximum Gasteiger partial charge on any atom is 0.490 e. The summed E-state index contributed by atoms with van der Waals surface area (Å²) in [6, 6.07) is 0. The third-order valence-electron chi connectivity index (χ3n) is 5.32. The zero-order valence-corrected chi connectivity index (χ0v) is 22.5. The van der Waals surface area contributed by atoms with Crippen molar-refractivity contribution in [3.63, 3.8) is 0 Å². The average Bonchev–Trinajstić information content (AvgIpc) is 3.34. The highest BCUT2D eigenvalue weighted by molar-refractivity contribution is 7.66. The van der Waals surface area contributed by atoms with Gasteiger partial charge in [0.05, 0.1) is 32.7 Å². The lowest BCUT2D eigenvalue weighted by Crippen LogP contribution is -2.54. The van der Waals surface area contributed by atoms with Gasteiger partial charge >= 0.3 is 23.5 Å². The molecule has 24 heteroatoms. The molecule has 0 spiro atoms. The lowest BCUT2D eigenvalue weighted by Gasteiger charge is -2.36. The third kappa shape index (κ3) is 6.65. The normalized spacial score (nSPS) is 26.5. The summed E-state index contributed by atoms with van der Waals surface area (Å²) in [5.74, 6) is -0.160. The van der Waals surface area contributed by atoms with Crippen molar-refractivity contribution in [1.29, 1.82) is 0 Å². The maximum absolute atomic E-state index is 12.3. The fraction of sp³-hybridized carbons (Fsp3) is 0.533. The van der Waals surface area contributed by atoms with E-state index >= 15 is 0 Å². The van der Waals surface area contributed by atoms with Crippen LogP contribution in [0.5, 0.6) is 5.88 Å². The summed E-state index contributed by atoms with van der Waals surface area (Å²) in [5.41, 5.74) is 11.1. The van der Waals surface area contributed by atoms with Crippen LogP contribution in [0.3, 0.4) is 0 Å². The summed E-state index contributed by atoms with van der Waals surface area (Å²) in [6.45, 7) is 3.35. The number of fused-ring (bicyclic) bond motifs is 1. The first-order valence-electron chi connectivity index (χ1n) is 10.4. The van der Waals surface area contributed by atoms with E-state index in [1.54, 1.807) is 6.92 Å². The summed E-state index contributed by atoms with van der Waals surface area (Å²) < 4.78 is 59.2. The van der Waals surface area contributed by atoms with E-state index in [0.717, 1.165) is 0 Å². The van der Waals surface area contributed by atoms with Gasteiger partial charge in [0.25, 0.3) is 0 Å². The fourth-order valence-corrected chi connectivity index (χ4v) is 6.80. The van der Waals surface area contributed by atoms with Crippen molar-refractivity contribution in [2.75, 3.05) is 32.1 Å². The zero-order valence-electron chi connectivity index (χ0n) is 19.8. The number of ether oxygens (including phenoxy) is 2. The van der Waals surface area contributed by atoms with Crippen LogP contribution in [0.2, 0.25) is 0 Å². The van der Waals surface area contributed by atoms with Crippen LogP contribution >= 0.6 is 23.5 Å². The number of phosphoric acid groups is 3. The molecule has 0 radical (unpaired) electrons. The standard InChI is InChI=1S/C15H23N8O13P3/c1-3-14(23-8-18-9-10(23)20-13(16)21-11(9)32-4-2)6-33-15(12(14)24,5-19-22-17)7-34-38(28,29)36-39(30,31)35-37(25,26)27/h3,8,12,24H,1,4-7H2,2H3,(H,28,29)(H,30,31)(H2,16,20,21)(H2,25,26,27)/t12-,14-,15+/m0/s1. The Hall–Kier alpha value is -2.47. The largest absolute Gasteiger partial charge is 0.490 e. The summed E-state index contributed by atoms with van der Waals surface area (Å²) >= 11 is 0. The lowest BCUT2D eigenvalue weighted by atomic mass is 9.84. The number of anilines is 1. The molecule has 0 bridgehead atoms. The topological polar surface area (TPSA) is 317 Å². The van der Waals surface area contributed by atoms with Gasteiger partial charge in [-0.25, -0.2) is 18.7 Å². The minimum Gasteiger partial charge on any atom is -0.476 e. The van der Waals surface area contributed by atoms with Crippen LogP contribution in [-0.2, 0) is 37.1 Å². The number of nitrogens with two attached hydrogens (primary N) is 1. The quantitative estimate of drug-likeness (QED) is 0.0585. The molecule has 39 heavy (non-hydrogen) atoms. The fourth-order valence-electron chi connectivity index (χ4n) is 3.72. The van der Waals surface area contributed by atoms with Gasteiger partial charge in [0.1, 0.15) is 17.2 Å². The zero-order chi connectivity index (χ0) is 29.3. The number of phosphoric ester groups is 1. The Balaban J connectivity index is 1.99. The van der Waals surface area contributed by atoms with Crippen molar-refractivity contribution in [3.8, 4) is 5.88 Å². The second-order valence-corrected chi connectivity index (χ2v) is 12.2. The molecule has 21 nitrogen and oxygen atoms in total. The second-order valence-electron chi connectivity index (χ2n) is 7.81. The van der Waals surface area contributed by atoms with Gasteiger partial charge in [0, 0.05) is 4.91 Å². The second kappa shape index (κ2) is 11.2. The first-order valence-corrected chi connectivity index (χ1v) is 14.9. The van der Waals surface area contributed by atoms with Gasteiger partial charge in [-0.2, -0.15) is 18.6 Å². The van der Waals surface area contributed by atoms with E-state index in [9.17, 15) is 28.6 Å². The summed E-state index contributed by atoms with van der Waals surface area (Å²) in [5, 5.41) is 14.8. The van der Waals surface area contributed by atoms with Gasteiger partial charge in [-0.1, -0.05) is 11.2 Å². The van der Waals surface area contributed by atoms with Crippen molar-refractivity contribution >= 4 is 40.6 Å². The number of azide groups is 1. The van der Waals surface area contributed by atoms with Crippen LogP contribution in [0, 0.1) is 0 Å². The van der Waals surface area contributed by atoms with Gasteiger partial charge in [0.2, 0.25) is 11.8 Å². The average molecular weight is 616 g/mol. The van der Waals surface area contributed by atoms with Crippen molar-refractivity contribution in [3.05, 3.63) is 29.4 Å². The SMILES string of the molecule is C=C[C@]1(n2cnc3c(OCC)nc(N)nc32)CO[C@](CN=[N+]=[N-])(COP(=O)(O)OP(=O)(O)OP(=O)(O)O)[C@H]1O. The van der Waals surface area contributed by atoms with Crippen molar-refractivity contribution < 1.29 is 61.0 Å². The van der Waals surface area contributed by atoms with Gasteiger partial charge in [-0.15, -0.1) is 6.58 Å². The van der Waals surface area contributed by atoms with Crippen LogP contribution in [0.1, 0.15) is 6.92 Å². The molecule has 0 amide bonds. The van der Waals surface area contributed by atoms with E-state index < -0.39 is 60.5 Å². The number of hydrogen-bond acceptors (Lipinski definition) is 14. The van der Waals surface area contributed by atoms with E-state index in [1.165, 1.54) is 17.0 Å². The number of rotatable bonds is 13. The molecule has 1 aliphatic heterocycles. The van der Waals surface area contributed by atoms with Gasteiger partial charge in [-0.3, -0.25) is 4.52 Å². The number of nitrogen functional groups attached to an aromatic ring is 1. The predicted octanol–water partition coefficient (Wildman–Crippen LogP) is 0.472. The molecule has 2 aromatic rings. The van der Waals surface area contributed by atoms with Crippen molar-refractivity contribution in [2.45, 2.75) is 24.2 Å². The van der Waals surface area contributed by atoms with E-state index in [4.69, 9.17) is 30.5 Å². The molecule has 2 aromatic heterocycles. The number of nitrogens with zero attached hydrogens (tertiary/aromatic N) is 7. The minimum absolute atomic E-state index is 0.0411. The van der Waals surface area contributed by atoms with Gasteiger partial charge < -0.3 is 44.5 Å². The Kier molecular flexibility index (Phi) is 8.91. The molecular weight excluding hydrogens is 593 g/mol. The first-order chi connectivity index (χ1) is 18.0. The van der Waals surface area contributed by atoms with E-state index in [0.29, 0.717) is 0 Å². The molecule has 1 saturated heterocycles. The Morgan fingerprint density at radius 2 is 2.00 bits per heavy atom. The van der Waals surface area contributed by atoms with Gasteiger partial charge in [0.15, 0.2) is 11.2 Å². The molecule has 2 unspecified atom stereocenters. The molecule has 216 valence electrons. The highest BCUT2D eigenvalue weighted by Gasteiger charge is 2.59. The Morgan fingerprint density at radius 3 is 2.59 bits per heavy atom. The molecule has 1 fully saturated rings. The molecule has 3 rings (SSSR count).